The molecule has 0 spiro atoms. The van der Waals surface area contributed by atoms with Crippen LogP contribution in [0, 0.1) is 0 Å². The van der Waals surface area contributed by atoms with Crippen LogP contribution in [0.25, 0.3) is 28.6 Å². The highest BCUT2D eigenvalue weighted by Gasteiger charge is 2.10. The first-order valence-electron chi connectivity index (χ1n) is 9.44. The Morgan fingerprint density at radius 1 is 1.07 bits per heavy atom. The van der Waals surface area contributed by atoms with Gasteiger partial charge in [-0.05, 0) is 59.7 Å². The Balaban J connectivity index is 1.40. The van der Waals surface area contributed by atoms with Gasteiger partial charge in [0.2, 0.25) is 5.89 Å². The van der Waals surface area contributed by atoms with E-state index in [0.29, 0.717) is 29.1 Å². The maximum atomic E-state index is 10.9. The van der Waals surface area contributed by atoms with Gasteiger partial charge >= 0.3 is 5.97 Å². The lowest BCUT2D eigenvalue weighted by Gasteiger charge is -2.04. The van der Waals surface area contributed by atoms with Crippen LogP contribution in [0.1, 0.15) is 11.1 Å². The molecular weight excluding hydrogens is 444 g/mol. The lowest BCUT2D eigenvalue weighted by Crippen LogP contribution is -1.99. The molecule has 150 valence electrons. The van der Waals surface area contributed by atoms with Gasteiger partial charge in [-0.25, -0.2) is 4.98 Å². The number of rotatable bonds is 7. The summed E-state index contributed by atoms with van der Waals surface area (Å²) in [5.41, 5.74) is 5.01. The second-order valence-electron chi connectivity index (χ2n) is 6.80. The van der Waals surface area contributed by atoms with Crippen molar-refractivity contribution in [3.8, 4) is 11.5 Å². The molecule has 4 aromatic rings. The summed E-state index contributed by atoms with van der Waals surface area (Å²) >= 11 is 3.43. The predicted octanol–water partition coefficient (Wildman–Crippen LogP) is 6.01. The first kappa shape index (κ1) is 19.9. The van der Waals surface area contributed by atoms with Gasteiger partial charge in [0.05, 0.1) is 6.42 Å². The van der Waals surface area contributed by atoms with Crippen molar-refractivity contribution < 1.29 is 14.3 Å². The Morgan fingerprint density at radius 3 is 2.57 bits per heavy atom. The van der Waals surface area contributed by atoms with Gasteiger partial charge in [-0.15, -0.1) is 0 Å². The number of hydrogen-bond donors (Lipinski definition) is 2. The highest BCUT2D eigenvalue weighted by Crippen LogP contribution is 2.26. The van der Waals surface area contributed by atoms with E-state index in [1.807, 2.05) is 36.4 Å². The fourth-order valence-corrected chi connectivity index (χ4v) is 3.32. The van der Waals surface area contributed by atoms with Gasteiger partial charge in [0.15, 0.2) is 5.58 Å². The van der Waals surface area contributed by atoms with Gasteiger partial charge < -0.3 is 14.8 Å². The van der Waals surface area contributed by atoms with E-state index in [0.717, 1.165) is 21.3 Å². The van der Waals surface area contributed by atoms with Crippen LogP contribution in [-0.2, 0) is 11.2 Å². The number of nitrogens with zero attached hydrogens (tertiary/aromatic N) is 1. The number of benzene rings is 3. The largest absolute Gasteiger partial charge is 0.481 e. The summed E-state index contributed by atoms with van der Waals surface area (Å²) in [7, 11) is 0. The molecule has 0 bridgehead atoms. The number of aromatic nitrogens is 1. The lowest BCUT2D eigenvalue weighted by atomic mass is 10.1. The summed E-state index contributed by atoms with van der Waals surface area (Å²) in [5.74, 6) is -0.355. The second-order valence-corrected chi connectivity index (χ2v) is 7.72. The van der Waals surface area contributed by atoms with Gasteiger partial charge in [0.1, 0.15) is 5.52 Å². The summed E-state index contributed by atoms with van der Waals surface area (Å²) in [6, 6.07) is 21.3. The molecular formula is C24H19BrN2O3. The van der Waals surface area contributed by atoms with Crippen molar-refractivity contribution in [2.24, 2.45) is 0 Å². The van der Waals surface area contributed by atoms with Gasteiger partial charge in [-0.3, -0.25) is 4.79 Å². The van der Waals surface area contributed by atoms with E-state index in [2.05, 4.69) is 50.5 Å². The first-order valence-corrected chi connectivity index (χ1v) is 10.2. The van der Waals surface area contributed by atoms with Gasteiger partial charge in [-0.1, -0.05) is 46.3 Å². The molecule has 0 atom stereocenters. The van der Waals surface area contributed by atoms with E-state index in [4.69, 9.17) is 9.52 Å². The third-order valence-corrected chi connectivity index (χ3v) is 5.07. The third-order valence-electron chi connectivity index (χ3n) is 4.54. The molecule has 30 heavy (non-hydrogen) atoms. The van der Waals surface area contributed by atoms with Crippen LogP contribution in [0.3, 0.4) is 0 Å². The quantitative estimate of drug-likeness (QED) is 0.351. The number of anilines is 1. The van der Waals surface area contributed by atoms with Crippen molar-refractivity contribution in [3.63, 3.8) is 0 Å². The van der Waals surface area contributed by atoms with Crippen molar-refractivity contribution in [2.75, 3.05) is 11.9 Å². The summed E-state index contributed by atoms with van der Waals surface area (Å²) in [6.07, 6.45) is 4.12. The van der Waals surface area contributed by atoms with E-state index in [-0.39, 0.29) is 6.42 Å². The number of halogens is 1. The van der Waals surface area contributed by atoms with Crippen molar-refractivity contribution in [2.45, 2.75) is 6.42 Å². The van der Waals surface area contributed by atoms with Gasteiger partial charge in [-0.2, -0.15) is 0 Å². The number of aliphatic carboxylic acids is 1. The maximum Gasteiger partial charge on any atom is 0.307 e. The Morgan fingerprint density at radius 2 is 1.83 bits per heavy atom. The zero-order chi connectivity index (χ0) is 20.9. The molecule has 1 heterocycles. The highest BCUT2D eigenvalue weighted by atomic mass is 79.9. The van der Waals surface area contributed by atoms with Crippen LogP contribution < -0.4 is 5.32 Å². The van der Waals surface area contributed by atoms with Crippen LogP contribution in [0.2, 0.25) is 0 Å². The molecule has 0 amide bonds. The molecule has 1 aromatic heterocycles. The fourth-order valence-electron chi connectivity index (χ4n) is 3.06. The van der Waals surface area contributed by atoms with Crippen LogP contribution in [0.4, 0.5) is 5.69 Å². The minimum Gasteiger partial charge on any atom is -0.481 e. The minimum absolute atomic E-state index is 0.0330. The number of carboxylic acids is 1. The number of carbonyl (C=O) groups is 1. The monoisotopic (exact) mass is 462 g/mol. The summed E-state index contributed by atoms with van der Waals surface area (Å²) in [4.78, 5) is 15.4. The van der Waals surface area contributed by atoms with Crippen LogP contribution in [-0.4, -0.2) is 22.6 Å². The predicted molar refractivity (Wildman–Crippen MR) is 122 cm³/mol. The van der Waals surface area contributed by atoms with Crippen LogP contribution >= 0.6 is 15.9 Å². The number of oxazole rings is 1. The molecule has 0 aliphatic carbocycles. The summed E-state index contributed by atoms with van der Waals surface area (Å²) < 4.78 is 6.88. The van der Waals surface area contributed by atoms with E-state index >= 15 is 0 Å². The van der Waals surface area contributed by atoms with Gasteiger partial charge in [0, 0.05) is 22.3 Å². The summed E-state index contributed by atoms with van der Waals surface area (Å²) in [5, 5.41) is 12.3. The minimum atomic E-state index is -0.868. The Labute approximate surface area is 182 Å². The zero-order valence-electron chi connectivity index (χ0n) is 16.0. The van der Waals surface area contributed by atoms with Crippen molar-refractivity contribution in [1.82, 2.24) is 4.98 Å². The smallest absolute Gasteiger partial charge is 0.307 e. The van der Waals surface area contributed by atoms with Gasteiger partial charge in [0.25, 0.3) is 0 Å². The zero-order valence-corrected chi connectivity index (χ0v) is 17.6. The fraction of sp³-hybridized carbons (Fsp3) is 0.0833. The number of fused-ring (bicyclic) bond motifs is 1. The molecule has 0 aliphatic heterocycles. The molecule has 0 saturated heterocycles. The molecule has 2 N–H and O–H groups in total. The average molecular weight is 463 g/mol. The second kappa shape index (κ2) is 8.97. The molecule has 5 nitrogen and oxygen atoms in total. The molecule has 0 saturated carbocycles. The normalized spacial score (nSPS) is 11.2. The Hall–Kier alpha value is -3.38. The number of nitrogens with one attached hydrogen (secondary N) is 1. The molecule has 4 rings (SSSR count). The molecule has 0 unspecified atom stereocenters. The number of hydrogen-bond acceptors (Lipinski definition) is 4. The molecule has 0 aliphatic rings. The van der Waals surface area contributed by atoms with Crippen LogP contribution in [0.15, 0.2) is 81.7 Å². The van der Waals surface area contributed by atoms with E-state index in [1.54, 1.807) is 18.2 Å². The first-order chi connectivity index (χ1) is 14.6. The highest BCUT2D eigenvalue weighted by molar-refractivity contribution is 9.10. The van der Waals surface area contributed by atoms with Crippen molar-refractivity contribution in [1.29, 1.82) is 0 Å². The van der Waals surface area contributed by atoms with Crippen molar-refractivity contribution in [3.05, 3.63) is 88.4 Å². The standard InChI is InChI=1S/C24H19BrN2O3/c25-19-8-3-16(4-9-19)2-1-13-26-20-10-6-18(7-11-20)24-27-21-14-17(15-23(28)29)5-12-22(21)30-24/h1-12,14,26H,13,15H2,(H,28,29). The number of carboxylic acid groups (broad SMARTS) is 1. The lowest BCUT2D eigenvalue weighted by molar-refractivity contribution is -0.136. The van der Waals surface area contributed by atoms with E-state index < -0.39 is 5.97 Å². The van der Waals surface area contributed by atoms with Crippen molar-refractivity contribution >= 4 is 44.8 Å². The maximum absolute atomic E-state index is 10.9. The Kier molecular flexibility index (Phi) is 5.95. The van der Waals surface area contributed by atoms with E-state index in [9.17, 15) is 4.79 Å². The van der Waals surface area contributed by atoms with Crippen LogP contribution in [0.5, 0.6) is 0 Å². The Bertz CT molecular complexity index is 1200. The van der Waals surface area contributed by atoms with E-state index in [1.165, 1.54) is 0 Å². The topological polar surface area (TPSA) is 75.4 Å². The molecule has 6 heteroatoms. The molecule has 0 fully saturated rings. The SMILES string of the molecule is O=C(O)Cc1ccc2oc(-c3ccc(NCC=Cc4ccc(Br)cc4)cc3)nc2c1. The molecule has 3 aromatic carbocycles. The summed E-state index contributed by atoms with van der Waals surface area (Å²) in [6.45, 7) is 0.713. The average Bonchev–Trinajstić information content (AvgIpc) is 3.16. The third kappa shape index (κ3) is 4.96. The molecule has 0 radical (unpaired) electrons.